The number of alkyl halides is 3. The lowest BCUT2D eigenvalue weighted by molar-refractivity contribution is -0.144. The number of carbonyl (C=O) groups excluding carboxylic acids is 1. The molecule has 2 aromatic carbocycles. The Labute approximate surface area is 193 Å². The molecule has 0 aliphatic rings. The lowest BCUT2D eigenvalue weighted by Crippen LogP contribution is -2.14. The smallest absolute Gasteiger partial charge is 0.453 e. The highest BCUT2D eigenvalue weighted by Gasteiger charge is 2.37. The van der Waals surface area contributed by atoms with E-state index in [-0.39, 0.29) is 18.1 Å². The van der Waals surface area contributed by atoms with Gasteiger partial charge in [-0.1, -0.05) is 17.7 Å². The summed E-state index contributed by atoms with van der Waals surface area (Å²) < 4.78 is 45.7. The number of aromatic nitrogens is 4. The fourth-order valence-corrected chi connectivity index (χ4v) is 3.50. The first-order valence-electron chi connectivity index (χ1n) is 10.5. The molecule has 0 fully saturated rings. The van der Waals surface area contributed by atoms with Gasteiger partial charge in [0.15, 0.2) is 0 Å². The molecule has 1 N–H and O–H groups in total. The van der Waals surface area contributed by atoms with E-state index in [0.29, 0.717) is 40.6 Å². The lowest BCUT2D eigenvalue weighted by Gasteiger charge is -2.11. The first-order valence-corrected chi connectivity index (χ1v) is 10.5. The van der Waals surface area contributed by atoms with E-state index in [1.54, 1.807) is 38.1 Å². The van der Waals surface area contributed by atoms with E-state index in [4.69, 9.17) is 4.74 Å². The molecule has 0 bridgehead atoms. The number of nitrogens with zero attached hydrogens (tertiary/aromatic N) is 4. The molecule has 0 saturated heterocycles. The number of benzene rings is 2. The Morgan fingerprint density at radius 2 is 1.59 bits per heavy atom. The Kier molecular flexibility index (Phi) is 6.23. The maximum atomic E-state index is 12.9. The predicted octanol–water partition coefficient (Wildman–Crippen LogP) is 5.43. The molecule has 0 aliphatic carbocycles. The van der Waals surface area contributed by atoms with Crippen LogP contribution in [0.4, 0.5) is 18.9 Å². The van der Waals surface area contributed by atoms with Gasteiger partial charge >= 0.3 is 6.18 Å². The maximum Gasteiger partial charge on any atom is 0.453 e. The second-order valence-corrected chi connectivity index (χ2v) is 7.89. The van der Waals surface area contributed by atoms with E-state index in [1.807, 2.05) is 31.2 Å². The summed E-state index contributed by atoms with van der Waals surface area (Å²) in [5.74, 6) is -0.247. The highest BCUT2D eigenvalue weighted by Crippen LogP contribution is 2.27. The van der Waals surface area contributed by atoms with Gasteiger partial charge < -0.3 is 10.1 Å². The van der Waals surface area contributed by atoms with Gasteiger partial charge in [-0.3, -0.25) is 4.79 Å². The van der Waals surface area contributed by atoms with E-state index < -0.39 is 12.0 Å². The first-order chi connectivity index (χ1) is 16.1. The van der Waals surface area contributed by atoms with Crippen LogP contribution in [0.1, 0.15) is 34.8 Å². The minimum Gasteiger partial charge on any atom is -0.457 e. The fourth-order valence-electron chi connectivity index (χ4n) is 3.50. The third-order valence-electron chi connectivity index (χ3n) is 5.30. The zero-order valence-electron chi connectivity index (χ0n) is 18.8. The van der Waals surface area contributed by atoms with Crippen molar-refractivity contribution in [2.45, 2.75) is 39.8 Å². The van der Waals surface area contributed by atoms with Crippen LogP contribution in [0.2, 0.25) is 0 Å². The minimum absolute atomic E-state index is 0.122. The Balaban J connectivity index is 1.39. The highest BCUT2D eigenvalue weighted by molar-refractivity contribution is 5.90. The number of halogens is 3. The van der Waals surface area contributed by atoms with Gasteiger partial charge in [-0.25, -0.2) is 9.50 Å². The van der Waals surface area contributed by atoms with Gasteiger partial charge in [0, 0.05) is 23.5 Å². The van der Waals surface area contributed by atoms with Crippen molar-refractivity contribution < 1.29 is 22.7 Å². The summed E-state index contributed by atoms with van der Waals surface area (Å²) in [5.41, 5.74) is 3.38. The predicted molar refractivity (Wildman–Crippen MR) is 120 cm³/mol. The Morgan fingerprint density at radius 3 is 2.21 bits per heavy atom. The van der Waals surface area contributed by atoms with Gasteiger partial charge in [-0.15, -0.1) is 5.10 Å². The van der Waals surface area contributed by atoms with E-state index in [2.05, 4.69) is 20.4 Å². The third kappa shape index (κ3) is 5.16. The largest absolute Gasteiger partial charge is 0.457 e. The number of anilines is 1. The summed E-state index contributed by atoms with van der Waals surface area (Å²) in [6.45, 7) is 5.31. The second-order valence-electron chi connectivity index (χ2n) is 7.89. The number of hydrogen-bond donors (Lipinski definition) is 1. The van der Waals surface area contributed by atoms with E-state index in [0.717, 1.165) is 10.1 Å². The molecule has 0 saturated carbocycles. The molecule has 176 valence electrons. The quantitative estimate of drug-likeness (QED) is 0.407. The first kappa shape index (κ1) is 23.2. The molecule has 0 unspecified atom stereocenters. The Morgan fingerprint density at radius 1 is 0.971 bits per heavy atom. The molecule has 1 amide bonds. The standard InChI is InChI=1S/C24H22F3N5O2/c1-14-4-8-18(9-5-14)34-19-10-6-17(7-11-19)29-21(33)13-12-20-15(2)28-23-30-22(24(25,26)27)31-32(23)16(20)3/h4-11H,12-13H2,1-3H3,(H,29,33). The second kappa shape index (κ2) is 9.12. The number of rotatable bonds is 6. The zero-order valence-corrected chi connectivity index (χ0v) is 18.8. The van der Waals surface area contributed by atoms with Crippen molar-refractivity contribution in [1.29, 1.82) is 0 Å². The van der Waals surface area contributed by atoms with Crippen LogP contribution in [0.15, 0.2) is 48.5 Å². The zero-order chi connectivity index (χ0) is 24.5. The van der Waals surface area contributed by atoms with Gasteiger partial charge in [-0.2, -0.15) is 18.2 Å². The topological polar surface area (TPSA) is 81.4 Å². The molecule has 2 heterocycles. The summed E-state index contributed by atoms with van der Waals surface area (Å²) in [4.78, 5) is 20.1. The average molecular weight is 469 g/mol. The van der Waals surface area contributed by atoms with Gasteiger partial charge in [-0.05, 0) is 69.2 Å². The molecular formula is C24H22F3N5O2. The number of hydrogen-bond acceptors (Lipinski definition) is 5. The Bertz CT molecular complexity index is 1330. The SMILES string of the molecule is Cc1ccc(Oc2ccc(NC(=O)CCc3c(C)nc4nc(C(F)(F)F)nn4c3C)cc2)cc1. The molecule has 34 heavy (non-hydrogen) atoms. The van der Waals surface area contributed by atoms with Gasteiger partial charge in [0.25, 0.3) is 11.6 Å². The Hall–Kier alpha value is -3.95. The summed E-state index contributed by atoms with van der Waals surface area (Å²) >= 11 is 0. The third-order valence-corrected chi connectivity index (χ3v) is 5.30. The maximum absolute atomic E-state index is 12.9. The van der Waals surface area contributed by atoms with E-state index >= 15 is 0 Å². The van der Waals surface area contributed by atoms with Crippen LogP contribution in [0.3, 0.4) is 0 Å². The number of carbonyl (C=O) groups is 1. The van der Waals surface area contributed by atoms with Crippen molar-refractivity contribution in [3.63, 3.8) is 0 Å². The van der Waals surface area contributed by atoms with Gasteiger partial charge in [0.05, 0.1) is 0 Å². The van der Waals surface area contributed by atoms with Gasteiger partial charge in [0.2, 0.25) is 5.91 Å². The summed E-state index contributed by atoms with van der Waals surface area (Å²) in [6, 6.07) is 14.7. The minimum atomic E-state index is -4.66. The van der Waals surface area contributed by atoms with Crippen LogP contribution in [-0.4, -0.2) is 25.5 Å². The summed E-state index contributed by atoms with van der Waals surface area (Å²) in [5, 5.41) is 6.34. The molecule has 4 rings (SSSR count). The lowest BCUT2D eigenvalue weighted by atomic mass is 10.1. The molecule has 0 spiro atoms. The molecule has 7 nitrogen and oxygen atoms in total. The van der Waals surface area contributed by atoms with Crippen molar-refractivity contribution in [3.8, 4) is 11.5 Å². The molecule has 0 radical (unpaired) electrons. The van der Waals surface area contributed by atoms with Crippen LogP contribution in [-0.2, 0) is 17.4 Å². The number of nitrogens with one attached hydrogen (secondary N) is 1. The van der Waals surface area contributed by atoms with Crippen molar-refractivity contribution in [2.24, 2.45) is 0 Å². The molecular weight excluding hydrogens is 447 g/mol. The van der Waals surface area contributed by atoms with Crippen molar-refractivity contribution >= 4 is 17.4 Å². The molecule has 0 aliphatic heterocycles. The van der Waals surface area contributed by atoms with E-state index in [9.17, 15) is 18.0 Å². The van der Waals surface area contributed by atoms with Crippen LogP contribution in [0.5, 0.6) is 11.5 Å². The van der Waals surface area contributed by atoms with E-state index in [1.165, 1.54) is 0 Å². The van der Waals surface area contributed by atoms with Crippen LogP contribution >= 0.6 is 0 Å². The summed E-state index contributed by atoms with van der Waals surface area (Å²) in [7, 11) is 0. The normalized spacial score (nSPS) is 11.6. The van der Waals surface area contributed by atoms with Crippen LogP contribution in [0, 0.1) is 20.8 Å². The molecule has 0 atom stereocenters. The number of fused-ring (bicyclic) bond motifs is 1. The number of aryl methyl sites for hydroxylation is 3. The van der Waals surface area contributed by atoms with Crippen molar-refractivity contribution in [3.05, 3.63) is 76.9 Å². The number of ether oxygens (including phenoxy) is 1. The highest BCUT2D eigenvalue weighted by atomic mass is 19.4. The van der Waals surface area contributed by atoms with Crippen LogP contribution in [0.25, 0.3) is 5.78 Å². The fraction of sp³-hybridized carbons (Fsp3) is 0.250. The molecule has 4 aromatic rings. The average Bonchev–Trinajstić information content (AvgIpc) is 3.21. The monoisotopic (exact) mass is 469 g/mol. The number of amides is 1. The van der Waals surface area contributed by atoms with Crippen molar-refractivity contribution in [1.82, 2.24) is 19.6 Å². The molecule has 10 heteroatoms. The molecule has 2 aromatic heterocycles. The van der Waals surface area contributed by atoms with Gasteiger partial charge in [0.1, 0.15) is 11.5 Å². The summed E-state index contributed by atoms with van der Waals surface area (Å²) in [6.07, 6.45) is -4.24. The van der Waals surface area contributed by atoms with Crippen LogP contribution < -0.4 is 10.1 Å². The van der Waals surface area contributed by atoms with Crippen molar-refractivity contribution in [2.75, 3.05) is 5.32 Å².